The zero-order chi connectivity index (χ0) is 13.3. The zero-order valence-corrected chi connectivity index (χ0v) is 12.7. The molecule has 1 aliphatic rings. The number of ether oxygens (including phenoxy) is 1. The van der Waals surface area contributed by atoms with Crippen molar-refractivity contribution >= 4 is 33.0 Å². The summed E-state index contributed by atoms with van der Waals surface area (Å²) in [5.41, 5.74) is 0. The van der Waals surface area contributed by atoms with Crippen molar-refractivity contribution in [3.8, 4) is 0 Å². The molecular weight excluding hydrogens is 294 g/mol. The Hall–Kier alpha value is -0.140. The molecule has 0 aromatic carbocycles. The van der Waals surface area contributed by atoms with Crippen LogP contribution in [0.1, 0.15) is 18.2 Å². The Morgan fingerprint density at radius 3 is 2.83 bits per heavy atom. The number of rotatable bonds is 4. The highest BCUT2D eigenvalue weighted by Gasteiger charge is 2.35. The molecule has 1 aromatic rings. The molecular formula is C11H16ClNO3S2. The van der Waals surface area contributed by atoms with Crippen LogP contribution in [0, 0.1) is 0 Å². The number of thiophene rings is 1. The summed E-state index contributed by atoms with van der Waals surface area (Å²) in [5.74, 6) is 0.340. The first-order chi connectivity index (χ1) is 8.46. The molecule has 0 radical (unpaired) electrons. The predicted octanol–water partition coefficient (Wildman–Crippen LogP) is 2.28. The van der Waals surface area contributed by atoms with Crippen molar-refractivity contribution in [3.63, 3.8) is 0 Å². The topological polar surface area (TPSA) is 46.6 Å². The SMILES string of the molecule is CC1OCCC1N(C)S(=O)(=O)c1csc(CCl)c1. The van der Waals surface area contributed by atoms with E-state index in [9.17, 15) is 8.42 Å². The molecule has 2 atom stereocenters. The Bertz CT molecular complexity index is 514. The number of alkyl halides is 1. The Morgan fingerprint density at radius 2 is 2.33 bits per heavy atom. The van der Waals surface area contributed by atoms with Crippen LogP contribution in [0.25, 0.3) is 0 Å². The summed E-state index contributed by atoms with van der Waals surface area (Å²) in [7, 11) is -1.83. The summed E-state index contributed by atoms with van der Waals surface area (Å²) >= 11 is 7.07. The average Bonchev–Trinajstić information content (AvgIpc) is 2.96. The maximum Gasteiger partial charge on any atom is 0.243 e. The standard InChI is InChI=1S/C11H16ClNO3S2/c1-8-11(3-4-16-8)13(2)18(14,15)10-5-9(6-12)17-7-10/h5,7-8,11H,3-4,6H2,1-2H3. The molecule has 0 saturated carbocycles. The number of hydrogen-bond donors (Lipinski definition) is 0. The molecule has 1 aromatic heterocycles. The average molecular weight is 310 g/mol. The van der Waals surface area contributed by atoms with Gasteiger partial charge in [0.05, 0.1) is 22.9 Å². The molecule has 0 amide bonds. The van der Waals surface area contributed by atoms with Crippen LogP contribution < -0.4 is 0 Å². The molecule has 18 heavy (non-hydrogen) atoms. The maximum atomic E-state index is 12.4. The minimum absolute atomic E-state index is 0.0593. The highest BCUT2D eigenvalue weighted by atomic mass is 35.5. The lowest BCUT2D eigenvalue weighted by atomic mass is 10.2. The molecule has 0 aliphatic carbocycles. The Balaban J connectivity index is 2.24. The molecule has 1 aliphatic heterocycles. The fraction of sp³-hybridized carbons (Fsp3) is 0.636. The lowest BCUT2D eigenvalue weighted by molar-refractivity contribution is 0.102. The van der Waals surface area contributed by atoms with Gasteiger partial charge >= 0.3 is 0 Å². The number of likely N-dealkylation sites (N-methyl/N-ethyl adjacent to an activating group) is 1. The molecule has 0 spiro atoms. The van der Waals surface area contributed by atoms with E-state index in [1.807, 2.05) is 6.92 Å². The summed E-state index contributed by atoms with van der Waals surface area (Å²) in [6.07, 6.45) is 0.680. The number of hydrogen-bond acceptors (Lipinski definition) is 4. The first-order valence-electron chi connectivity index (χ1n) is 5.70. The van der Waals surface area contributed by atoms with Crippen LogP contribution in [0.2, 0.25) is 0 Å². The molecule has 4 nitrogen and oxygen atoms in total. The molecule has 0 bridgehead atoms. The lowest BCUT2D eigenvalue weighted by Crippen LogP contribution is -2.40. The van der Waals surface area contributed by atoms with Gasteiger partial charge in [0.1, 0.15) is 0 Å². The summed E-state index contributed by atoms with van der Waals surface area (Å²) < 4.78 is 31.7. The van der Waals surface area contributed by atoms with Crippen LogP contribution in [0.4, 0.5) is 0 Å². The van der Waals surface area contributed by atoms with E-state index in [-0.39, 0.29) is 12.1 Å². The number of halogens is 1. The summed E-state index contributed by atoms with van der Waals surface area (Å²) in [6, 6.07) is 1.55. The highest BCUT2D eigenvalue weighted by Crippen LogP contribution is 2.27. The minimum Gasteiger partial charge on any atom is -0.377 e. The molecule has 2 unspecified atom stereocenters. The number of sulfonamides is 1. The van der Waals surface area contributed by atoms with Gasteiger partial charge < -0.3 is 4.74 Å². The van der Waals surface area contributed by atoms with Gasteiger partial charge in [0, 0.05) is 23.9 Å². The van der Waals surface area contributed by atoms with E-state index < -0.39 is 10.0 Å². The monoisotopic (exact) mass is 309 g/mol. The second-order valence-corrected chi connectivity index (χ2v) is 7.60. The number of nitrogens with zero attached hydrogens (tertiary/aromatic N) is 1. The van der Waals surface area contributed by atoms with E-state index in [1.54, 1.807) is 18.5 Å². The van der Waals surface area contributed by atoms with Crippen LogP contribution in [0.15, 0.2) is 16.3 Å². The first kappa shape index (κ1) is 14.3. The van der Waals surface area contributed by atoms with E-state index in [0.717, 1.165) is 11.3 Å². The van der Waals surface area contributed by atoms with Gasteiger partial charge in [-0.1, -0.05) is 0 Å². The predicted molar refractivity (Wildman–Crippen MR) is 72.6 cm³/mol. The van der Waals surface area contributed by atoms with Gasteiger partial charge in [-0.2, -0.15) is 4.31 Å². The van der Waals surface area contributed by atoms with Crippen molar-refractivity contribution in [3.05, 3.63) is 16.3 Å². The van der Waals surface area contributed by atoms with Crippen LogP contribution in [0.3, 0.4) is 0 Å². The highest BCUT2D eigenvalue weighted by molar-refractivity contribution is 7.89. The first-order valence-corrected chi connectivity index (χ1v) is 8.55. The van der Waals surface area contributed by atoms with Crippen molar-refractivity contribution < 1.29 is 13.2 Å². The van der Waals surface area contributed by atoms with E-state index >= 15 is 0 Å². The van der Waals surface area contributed by atoms with Crippen molar-refractivity contribution in [2.24, 2.45) is 0 Å². The van der Waals surface area contributed by atoms with Crippen molar-refractivity contribution in [1.29, 1.82) is 0 Å². The van der Waals surface area contributed by atoms with Crippen LogP contribution >= 0.6 is 22.9 Å². The summed E-state index contributed by atoms with van der Waals surface area (Å²) in [6.45, 7) is 2.52. The van der Waals surface area contributed by atoms with Crippen molar-refractivity contribution in [2.45, 2.75) is 36.3 Å². The quantitative estimate of drug-likeness (QED) is 0.802. The molecule has 7 heteroatoms. The zero-order valence-electron chi connectivity index (χ0n) is 10.3. The molecule has 1 fully saturated rings. The van der Waals surface area contributed by atoms with Gasteiger partial charge in [-0.3, -0.25) is 0 Å². The van der Waals surface area contributed by atoms with Crippen LogP contribution in [0.5, 0.6) is 0 Å². The third-order valence-electron chi connectivity index (χ3n) is 3.24. The van der Waals surface area contributed by atoms with Gasteiger partial charge in [-0.15, -0.1) is 22.9 Å². The van der Waals surface area contributed by atoms with E-state index in [0.29, 0.717) is 17.4 Å². The van der Waals surface area contributed by atoms with Gasteiger partial charge in [0.2, 0.25) is 10.0 Å². The summed E-state index contributed by atoms with van der Waals surface area (Å²) in [4.78, 5) is 1.18. The Morgan fingerprint density at radius 1 is 1.61 bits per heavy atom. The molecule has 102 valence electrons. The Kier molecular flexibility index (Phi) is 4.33. The van der Waals surface area contributed by atoms with Crippen LogP contribution in [-0.2, 0) is 20.6 Å². The lowest BCUT2D eigenvalue weighted by Gasteiger charge is -2.25. The van der Waals surface area contributed by atoms with Crippen LogP contribution in [-0.4, -0.2) is 38.5 Å². The van der Waals surface area contributed by atoms with E-state index in [1.165, 1.54) is 15.6 Å². The van der Waals surface area contributed by atoms with Crippen molar-refractivity contribution in [1.82, 2.24) is 4.31 Å². The molecule has 2 heterocycles. The Labute approximate surface area is 117 Å². The van der Waals surface area contributed by atoms with Gasteiger partial charge in [0.25, 0.3) is 0 Å². The summed E-state index contributed by atoms with van der Waals surface area (Å²) in [5, 5.41) is 1.64. The second kappa shape index (κ2) is 5.46. The van der Waals surface area contributed by atoms with Crippen molar-refractivity contribution in [2.75, 3.05) is 13.7 Å². The van der Waals surface area contributed by atoms with E-state index in [4.69, 9.17) is 16.3 Å². The van der Waals surface area contributed by atoms with Gasteiger partial charge in [-0.25, -0.2) is 8.42 Å². The van der Waals surface area contributed by atoms with Gasteiger partial charge in [-0.05, 0) is 19.4 Å². The fourth-order valence-corrected chi connectivity index (χ4v) is 4.93. The van der Waals surface area contributed by atoms with E-state index in [2.05, 4.69) is 0 Å². The molecule has 1 saturated heterocycles. The fourth-order valence-electron chi connectivity index (χ4n) is 2.11. The second-order valence-electron chi connectivity index (χ2n) is 4.34. The normalized spacial score (nSPS) is 24.9. The van der Waals surface area contributed by atoms with Gasteiger partial charge in [0.15, 0.2) is 0 Å². The smallest absolute Gasteiger partial charge is 0.243 e. The third kappa shape index (κ3) is 2.58. The minimum atomic E-state index is -3.44. The maximum absolute atomic E-state index is 12.4. The largest absolute Gasteiger partial charge is 0.377 e. The molecule has 0 N–H and O–H groups in total. The third-order valence-corrected chi connectivity index (χ3v) is 6.63. The molecule has 2 rings (SSSR count).